The number of carbonyl (C=O) groups is 1. The van der Waals surface area contributed by atoms with Gasteiger partial charge in [0.2, 0.25) is 0 Å². The molecule has 0 radical (unpaired) electrons. The van der Waals surface area contributed by atoms with E-state index < -0.39 is 0 Å². The number of rotatable bonds is 3. The van der Waals surface area contributed by atoms with Crippen LogP contribution in [-0.4, -0.2) is 24.5 Å². The van der Waals surface area contributed by atoms with Crippen LogP contribution < -0.4 is 10.6 Å². The third-order valence-electron chi connectivity index (χ3n) is 4.31. The summed E-state index contributed by atoms with van der Waals surface area (Å²) in [7, 11) is 0. The van der Waals surface area contributed by atoms with Gasteiger partial charge in [-0.25, -0.2) is 0 Å². The Kier molecular flexibility index (Phi) is 6.22. The molecule has 2 heterocycles. The van der Waals surface area contributed by atoms with Gasteiger partial charge in [0, 0.05) is 17.6 Å². The van der Waals surface area contributed by atoms with E-state index >= 15 is 0 Å². The fraction of sp³-hybridized carbons (Fsp3) is 0.389. The summed E-state index contributed by atoms with van der Waals surface area (Å²) in [6, 6.07) is 10.9. The summed E-state index contributed by atoms with van der Waals surface area (Å²) in [6.45, 7) is 5.25. The first-order chi connectivity index (χ1) is 10.6. The number of aryl methyl sites for hydroxylation is 1. The molecule has 1 aromatic heterocycles. The van der Waals surface area contributed by atoms with E-state index in [-0.39, 0.29) is 24.4 Å². The second-order valence-corrected chi connectivity index (χ2v) is 6.91. The maximum Gasteiger partial charge on any atom is 0.262 e. The molecule has 23 heavy (non-hydrogen) atoms. The molecule has 1 aliphatic rings. The van der Waals surface area contributed by atoms with Crippen molar-refractivity contribution in [3.05, 3.63) is 46.2 Å². The molecular formula is C18H23ClN2OS. The molecule has 124 valence electrons. The van der Waals surface area contributed by atoms with Gasteiger partial charge in [-0.2, -0.15) is 0 Å². The molecule has 0 spiro atoms. The van der Waals surface area contributed by atoms with Crippen LogP contribution in [0.4, 0.5) is 0 Å². The second-order valence-electron chi connectivity index (χ2n) is 5.99. The highest BCUT2D eigenvalue weighted by atomic mass is 35.5. The van der Waals surface area contributed by atoms with Crippen LogP contribution in [0, 0.1) is 6.92 Å². The van der Waals surface area contributed by atoms with Crippen LogP contribution in [0.25, 0.3) is 11.1 Å². The molecule has 0 saturated carbocycles. The molecule has 1 saturated heterocycles. The summed E-state index contributed by atoms with van der Waals surface area (Å²) in [5.41, 5.74) is 3.36. The van der Waals surface area contributed by atoms with E-state index in [9.17, 15) is 4.79 Å². The van der Waals surface area contributed by atoms with Gasteiger partial charge < -0.3 is 10.6 Å². The summed E-state index contributed by atoms with van der Waals surface area (Å²) in [6.07, 6.45) is 2.16. The van der Waals surface area contributed by atoms with Crippen LogP contribution in [0.1, 0.15) is 35.0 Å². The number of hydrogen-bond donors (Lipinski definition) is 2. The van der Waals surface area contributed by atoms with E-state index in [0.717, 1.165) is 35.4 Å². The fourth-order valence-corrected chi connectivity index (χ4v) is 3.74. The van der Waals surface area contributed by atoms with E-state index in [4.69, 9.17) is 0 Å². The average Bonchev–Trinajstić information content (AvgIpc) is 3.00. The Balaban J connectivity index is 0.00000192. The Bertz CT molecular complexity index is 653. The number of hydrogen-bond acceptors (Lipinski definition) is 3. The molecule has 2 aromatic rings. The number of amides is 1. The zero-order chi connectivity index (χ0) is 15.5. The van der Waals surface area contributed by atoms with Crippen molar-refractivity contribution in [1.82, 2.24) is 10.6 Å². The molecule has 1 amide bonds. The Morgan fingerprint density at radius 1 is 1.26 bits per heavy atom. The number of thiophene rings is 1. The maximum absolute atomic E-state index is 12.7. The monoisotopic (exact) mass is 350 g/mol. The molecule has 0 aliphatic carbocycles. The van der Waals surface area contributed by atoms with Gasteiger partial charge in [-0.3, -0.25) is 4.79 Å². The van der Waals surface area contributed by atoms with Crippen molar-refractivity contribution >= 4 is 29.7 Å². The number of benzene rings is 1. The third kappa shape index (κ3) is 4.14. The summed E-state index contributed by atoms with van der Waals surface area (Å²) in [5.74, 6) is 0.0473. The number of piperidine rings is 1. The molecule has 3 rings (SSSR count). The van der Waals surface area contributed by atoms with E-state index in [0.29, 0.717) is 6.04 Å². The standard InChI is InChI=1S/C18H22N2OS.ClH/c1-12-5-7-14(8-6-12)15-9-11-22-17(15)18(21)20-16-4-3-10-19-13(16)2;/h5-9,11,13,16,19H,3-4,10H2,1-2H3,(H,20,21);1H. The second kappa shape index (κ2) is 7.95. The van der Waals surface area contributed by atoms with E-state index in [1.165, 1.54) is 16.9 Å². The minimum atomic E-state index is 0. The van der Waals surface area contributed by atoms with Gasteiger partial charge in [0.05, 0.1) is 4.88 Å². The van der Waals surface area contributed by atoms with Crippen molar-refractivity contribution in [2.75, 3.05) is 6.54 Å². The minimum absolute atomic E-state index is 0. The van der Waals surface area contributed by atoms with Crippen molar-refractivity contribution in [3.8, 4) is 11.1 Å². The Morgan fingerprint density at radius 3 is 2.70 bits per heavy atom. The normalized spacial score (nSPS) is 20.6. The lowest BCUT2D eigenvalue weighted by molar-refractivity contribution is 0.0924. The Labute approximate surface area is 147 Å². The summed E-state index contributed by atoms with van der Waals surface area (Å²) >= 11 is 1.51. The van der Waals surface area contributed by atoms with Crippen LogP contribution in [0.3, 0.4) is 0 Å². The van der Waals surface area contributed by atoms with Gasteiger partial charge in [0.1, 0.15) is 0 Å². The molecule has 0 bridgehead atoms. The largest absolute Gasteiger partial charge is 0.347 e. The lowest BCUT2D eigenvalue weighted by Crippen LogP contribution is -2.51. The fourth-order valence-electron chi connectivity index (χ4n) is 2.92. The van der Waals surface area contributed by atoms with Gasteiger partial charge in [-0.05, 0) is 50.2 Å². The highest BCUT2D eigenvalue weighted by Crippen LogP contribution is 2.28. The number of nitrogens with one attached hydrogen (secondary N) is 2. The van der Waals surface area contributed by atoms with Crippen LogP contribution in [-0.2, 0) is 0 Å². The van der Waals surface area contributed by atoms with Crippen molar-refractivity contribution in [2.45, 2.75) is 38.8 Å². The van der Waals surface area contributed by atoms with E-state index in [1.807, 2.05) is 11.4 Å². The Morgan fingerprint density at radius 2 is 2.00 bits per heavy atom. The lowest BCUT2D eigenvalue weighted by atomic mass is 9.99. The van der Waals surface area contributed by atoms with Crippen molar-refractivity contribution < 1.29 is 4.79 Å². The van der Waals surface area contributed by atoms with Crippen LogP contribution in [0.15, 0.2) is 35.7 Å². The van der Waals surface area contributed by atoms with Gasteiger partial charge in [0.25, 0.3) is 5.91 Å². The molecular weight excluding hydrogens is 328 g/mol. The SMILES string of the molecule is Cc1ccc(-c2ccsc2C(=O)NC2CCCNC2C)cc1.Cl. The van der Waals surface area contributed by atoms with Crippen molar-refractivity contribution in [3.63, 3.8) is 0 Å². The molecule has 1 aromatic carbocycles. The van der Waals surface area contributed by atoms with Gasteiger partial charge in [0.15, 0.2) is 0 Å². The van der Waals surface area contributed by atoms with Gasteiger partial charge >= 0.3 is 0 Å². The molecule has 5 heteroatoms. The van der Waals surface area contributed by atoms with E-state index in [2.05, 4.69) is 48.7 Å². The van der Waals surface area contributed by atoms with Gasteiger partial charge in [-0.1, -0.05) is 29.8 Å². The quantitative estimate of drug-likeness (QED) is 0.877. The first-order valence-corrected chi connectivity index (χ1v) is 8.72. The first-order valence-electron chi connectivity index (χ1n) is 7.84. The molecule has 2 unspecified atom stereocenters. The summed E-state index contributed by atoms with van der Waals surface area (Å²) in [4.78, 5) is 13.5. The summed E-state index contributed by atoms with van der Waals surface area (Å²) < 4.78 is 0. The maximum atomic E-state index is 12.7. The van der Waals surface area contributed by atoms with Crippen LogP contribution in [0.2, 0.25) is 0 Å². The van der Waals surface area contributed by atoms with Crippen LogP contribution >= 0.6 is 23.7 Å². The molecule has 2 atom stereocenters. The number of halogens is 1. The molecule has 3 nitrogen and oxygen atoms in total. The predicted molar refractivity (Wildman–Crippen MR) is 99.7 cm³/mol. The minimum Gasteiger partial charge on any atom is -0.347 e. The Hall–Kier alpha value is -1.36. The third-order valence-corrected chi connectivity index (χ3v) is 5.23. The molecule has 1 fully saturated rings. The highest BCUT2D eigenvalue weighted by molar-refractivity contribution is 7.12. The predicted octanol–water partition coefficient (Wildman–Crippen LogP) is 4.02. The van der Waals surface area contributed by atoms with Crippen molar-refractivity contribution in [2.24, 2.45) is 0 Å². The first kappa shape index (κ1) is 18.0. The molecule has 2 N–H and O–H groups in total. The smallest absolute Gasteiger partial charge is 0.262 e. The highest BCUT2D eigenvalue weighted by Gasteiger charge is 2.24. The lowest BCUT2D eigenvalue weighted by Gasteiger charge is -2.30. The van der Waals surface area contributed by atoms with Crippen LogP contribution in [0.5, 0.6) is 0 Å². The van der Waals surface area contributed by atoms with Crippen molar-refractivity contribution in [1.29, 1.82) is 0 Å². The molecule has 1 aliphatic heterocycles. The van der Waals surface area contributed by atoms with E-state index in [1.54, 1.807) is 0 Å². The summed E-state index contributed by atoms with van der Waals surface area (Å²) in [5, 5.41) is 8.62. The average molecular weight is 351 g/mol. The zero-order valence-corrected chi connectivity index (χ0v) is 15.1. The number of carbonyl (C=O) groups excluding carboxylic acids is 1. The van der Waals surface area contributed by atoms with Gasteiger partial charge in [-0.15, -0.1) is 23.7 Å². The zero-order valence-electron chi connectivity index (χ0n) is 13.5. The topological polar surface area (TPSA) is 41.1 Å².